The van der Waals surface area contributed by atoms with Gasteiger partial charge in [-0.15, -0.1) is 10.2 Å². The molecule has 0 saturated heterocycles. The minimum absolute atomic E-state index is 0.205. The molecule has 0 bridgehead atoms. The van der Waals surface area contributed by atoms with E-state index in [1.54, 1.807) is 11.7 Å². The third-order valence-corrected chi connectivity index (χ3v) is 4.74. The molecule has 0 radical (unpaired) electrons. The summed E-state index contributed by atoms with van der Waals surface area (Å²) in [4.78, 5) is 17.5. The number of fused-ring (bicyclic) bond motifs is 2. The summed E-state index contributed by atoms with van der Waals surface area (Å²) in [5, 5.41) is 13.7. The van der Waals surface area contributed by atoms with Crippen LogP contribution in [0.3, 0.4) is 0 Å². The Bertz CT molecular complexity index is 1260. The zero-order valence-corrected chi connectivity index (χ0v) is 14.7. The van der Waals surface area contributed by atoms with Gasteiger partial charge in [0.05, 0.1) is 27.8 Å². The monoisotopic (exact) mass is 372 g/mol. The van der Waals surface area contributed by atoms with E-state index >= 15 is 0 Å². The highest BCUT2D eigenvalue weighted by Crippen LogP contribution is 2.36. The third-order valence-electron chi connectivity index (χ3n) is 4.13. The van der Waals surface area contributed by atoms with E-state index in [1.165, 1.54) is 17.7 Å². The molecule has 8 nitrogen and oxygen atoms in total. The molecule has 3 heterocycles. The van der Waals surface area contributed by atoms with Crippen molar-refractivity contribution in [3.8, 4) is 11.3 Å². The van der Waals surface area contributed by atoms with Crippen LogP contribution < -0.4 is 11.1 Å². The van der Waals surface area contributed by atoms with Crippen LogP contribution in [0.25, 0.3) is 33.1 Å². The highest BCUT2D eigenvalue weighted by atomic mass is 32.1. The zero-order valence-electron chi connectivity index (χ0n) is 13.9. The van der Waals surface area contributed by atoms with Crippen molar-refractivity contribution in [2.75, 3.05) is 11.1 Å². The molecule has 2 aromatic carbocycles. The molecule has 9 heteroatoms. The number of anilines is 3. The average molecular weight is 372 g/mol. The van der Waals surface area contributed by atoms with Crippen LogP contribution in [-0.2, 0) is 0 Å². The van der Waals surface area contributed by atoms with Gasteiger partial charge in [0.1, 0.15) is 11.8 Å². The van der Waals surface area contributed by atoms with Crippen molar-refractivity contribution in [2.24, 2.45) is 0 Å². The first-order chi connectivity index (χ1) is 13.3. The molecule has 0 aliphatic carbocycles. The van der Waals surface area contributed by atoms with E-state index in [9.17, 15) is 0 Å². The van der Waals surface area contributed by atoms with Gasteiger partial charge < -0.3 is 11.1 Å². The first-order valence-electron chi connectivity index (χ1n) is 8.08. The van der Waals surface area contributed by atoms with Gasteiger partial charge in [0.25, 0.3) is 0 Å². The van der Waals surface area contributed by atoms with Crippen molar-refractivity contribution in [3.63, 3.8) is 0 Å². The summed E-state index contributed by atoms with van der Waals surface area (Å²) in [6.07, 6.45) is 3.30. The van der Waals surface area contributed by atoms with Gasteiger partial charge in [-0.1, -0.05) is 35.6 Å². The van der Waals surface area contributed by atoms with Gasteiger partial charge in [0.15, 0.2) is 0 Å². The number of nitrogens with two attached hydrogens (primary N) is 1. The van der Waals surface area contributed by atoms with E-state index in [1.807, 2.05) is 36.4 Å². The van der Waals surface area contributed by atoms with E-state index in [0.29, 0.717) is 10.8 Å². The van der Waals surface area contributed by atoms with Crippen molar-refractivity contribution in [3.05, 3.63) is 54.4 Å². The summed E-state index contributed by atoms with van der Waals surface area (Å²) in [5.74, 6) is 0.205. The van der Waals surface area contributed by atoms with Gasteiger partial charge in [-0.2, -0.15) is 0 Å². The largest absolute Gasteiger partial charge is 0.368 e. The molecule has 27 heavy (non-hydrogen) atoms. The van der Waals surface area contributed by atoms with Gasteiger partial charge >= 0.3 is 0 Å². The van der Waals surface area contributed by atoms with Crippen LogP contribution in [0.15, 0.2) is 54.4 Å². The Balaban J connectivity index is 1.83. The summed E-state index contributed by atoms with van der Waals surface area (Å²) < 4.78 is 0. The first kappa shape index (κ1) is 15.5. The number of aromatic nitrogens is 6. The van der Waals surface area contributed by atoms with E-state index in [0.717, 1.165) is 33.1 Å². The van der Waals surface area contributed by atoms with Gasteiger partial charge in [0, 0.05) is 17.1 Å². The fourth-order valence-corrected chi connectivity index (χ4v) is 3.51. The predicted octanol–water partition coefficient (Wildman–Crippen LogP) is 3.42. The Labute approximate surface area is 157 Å². The number of rotatable bonds is 3. The Morgan fingerprint density at radius 2 is 1.96 bits per heavy atom. The minimum Gasteiger partial charge on any atom is -0.368 e. The van der Waals surface area contributed by atoms with Crippen molar-refractivity contribution >= 4 is 49.9 Å². The molecule has 5 aromatic rings. The lowest BCUT2D eigenvalue weighted by Crippen LogP contribution is -2.01. The van der Waals surface area contributed by atoms with Crippen molar-refractivity contribution in [1.82, 2.24) is 30.1 Å². The fraction of sp³-hybridized carbons (Fsp3) is 0. The van der Waals surface area contributed by atoms with Crippen molar-refractivity contribution in [1.29, 1.82) is 0 Å². The number of nitrogens with one attached hydrogen (secondary N) is 1. The third kappa shape index (κ3) is 2.70. The van der Waals surface area contributed by atoms with E-state index < -0.39 is 0 Å². The Kier molecular flexibility index (Phi) is 3.58. The number of hydrogen-bond acceptors (Lipinski definition) is 9. The molecular weight excluding hydrogens is 360 g/mol. The second kappa shape index (κ2) is 6.22. The normalized spacial score (nSPS) is 11.1. The number of hydrogen-bond donors (Lipinski definition) is 2. The number of benzene rings is 2. The first-order valence-corrected chi connectivity index (χ1v) is 8.96. The smallest absolute Gasteiger partial charge is 0.221 e. The average Bonchev–Trinajstić information content (AvgIpc) is 3.20. The lowest BCUT2D eigenvalue weighted by atomic mass is 10.0. The summed E-state index contributed by atoms with van der Waals surface area (Å²) in [6.45, 7) is 0. The van der Waals surface area contributed by atoms with Crippen LogP contribution in [-0.4, -0.2) is 30.1 Å². The van der Waals surface area contributed by atoms with Crippen LogP contribution >= 0.6 is 11.3 Å². The molecule has 0 atom stereocenters. The SMILES string of the molecule is Nc1nc(-c2cccc3cncnc23)c2c(Nc3nncs3)cccc2n1. The maximum absolute atomic E-state index is 6.00. The molecule has 0 unspecified atom stereocenters. The summed E-state index contributed by atoms with van der Waals surface area (Å²) in [6, 6.07) is 11.7. The Hall–Kier alpha value is -3.72. The lowest BCUT2D eigenvalue weighted by molar-refractivity contribution is 1.09. The van der Waals surface area contributed by atoms with Crippen LogP contribution in [0.4, 0.5) is 16.8 Å². The number of nitrogens with zero attached hydrogens (tertiary/aromatic N) is 6. The molecule has 0 spiro atoms. The Morgan fingerprint density at radius 3 is 2.85 bits per heavy atom. The van der Waals surface area contributed by atoms with E-state index in [-0.39, 0.29) is 5.95 Å². The number of para-hydroxylation sites is 1. The Morgan fingerprint density at radius 1 is 1.04 bits per heavy atom. The highest BCUT2D eigenvalue weighted by molar-refractivity contribution is 7.13. The maximum Gasteiger partial charge on any atom is 0.221 e. The maximum atomic E-state index is 6.00. The summed E-state index contributed by atoms with van der Waals surface area (Å²) >= 11 is 1.41. The van der Waals surface area contributed by atoms with Crippen molar-refractivity contribution in [2.45, 2.75) is 0 Å². The van der Waals surface area contributed by atoms with Crippen LogP contribution in [0.5, 0.6) is 0 Å². The summed E-state index contributed by atoms with van der Waals surface area (Å²) in [5.41, 5.74) is 11.6. The van der Waals surface area contributed by atoms with Gasteiger partial charge in [-0.05, 0) is 12.1 Å². The van der Waals surface area contributed by atoms with Gasteiger partial charge in [-0.3, -0.25) is 0 Å². The van der Waals surface area contributed by atoms with Crippen LogP contribution in [0, 0.1) is 0 Å². The lowest BCUT2D eigenvalue weighted by Gasteiger charge is -2.13. The second-order valence-electron chi connectivity index (χ2n) is 5.77. The molecule has 0 fully saturated rings. The predicted molar refractivity (Wildman–Crippen MR) is 106 cm³/mol. The second-order valence-corrected chi connectivity index (χ2v) is 6.60. The minimum atomic E-state index is 0.205. The molecule has 3 aromatic heterocycles. The topological polar surface area (TPSA) is 115 Å². The van der Waals surface area contributed by atoms with Crippen molar-refractivity contribution < 1.29 is 0 Å². The molecule has 3 N–H and O–H groups in total. The highest BCUT2D eigenvalue weighted by Gasteiger charge is 2.16. The quantitative estimate of drug-likeness (QED) is 0.495. The summed E-state index contributed by atoms with van der Waals surface area (Å²) in [7, 11) is 0. The van der Waals surface area contributed by atoms with E-state index in [2.05, 4.69) is 35.5 Å². The fourth-order valence-electron chi connectivity index (χ4n) is 3.05. The molecular formula is C18H12N8S. The van der Waals surface area contributed by atoms with Gasteiger partial charge in [-0.25, -0.2) is 19.9 Å². The number of nitrogen functional groups attached to an aromatic ring is 1. The molecule has 0 saturated carbocycles. The molecule has 130 valence electrons. The van der Waals surface area contributed by atoms with Crippen LogP contribution in [0.1, 0.15) is 0 Å². The van der Waals surface area contributed by atoms with Gasteiger partial charge in [0.2, 0.25) is 11.1 Å². The molecule has 0 amide bonds. The molecule has 0 aliphatic rings. The molecule has 0 aliphatic heterocycles. The zero-order chi connectivity index (χ0) is 18.2. The molecule has 5 rings (SSSR count). The van der Waals surface area contributed by atoms with E-state index in [4.69, 9.17) is 5.73 Å². The standard InChI is InChI=1S/C18H12N8S/c19-17-23-12-5-2-6-13(24-18-26-22-9-27-18)14(12)16(25-17)11-4-1-3-10-7-20-8-21-15(10)11/h1-9H,(H,24,26)(H2,19,23,25). The van der Waals surface area contributed by atoms with Crippen LogP contribution in [0.2, 0.25) is 0 Å².